The van der Waals surface area contributed by atoms with Gasteiger partial charge in [-0.1, -0.05) is 30.3 Å². The van der Waals surface area contributed by atoms with Crippen LogP contribution in [0.5, 0.6) is 0 Å². The number of hydrogen-bond acceptors (Lipinski definition) is 3. The smallest absolute Gasteiger partial charge is 0.433 e. The first kappa shape index (κ1) is 11.0. The van der Waals surface area contributed by atoms with Gasteiger partial charge in [-0.05, 0) is 12.5 Å². The quantitative estimate of drug-likeness (QED) is 0.770. The highest BCUT2D eigenvalue weighted by molar-refractivity contribution is 5.66. The second kappa shape index (κ2) is 4.99. The van der Waals surface area contributed by atoms with Crippen LogP contribution < -0.4 is 0 Å². The van der Waals surface area contributed by atoms with E-state index in [1.165, 1.54) is 5.06 Å². The van der Waals surface area contributed by atoms with Gasteiger partial charge in [-0.2, -0.15) is 5.06 Å². The lowest BCUT2D eigenvalue weighted by Gasteiger charge is -2.15. The van der Waals surface area contributed by atoms with Gasteiger partial charge in [-0.15, -0.1) is 0 Å². The molecule has 1 fully saturated rings. The molecular formula is C12H15NO3. The standard InChI is InChI=1S/C12H15NO3/c1-2-15-12(14)13-9-8-11(16-13)10-6-4-3-5-7-10/h3-7,11H,2,8-9H2,1H3. The zero-order chi connectivity index (χ0) is 11.4. The molecule has 0 aliphatic carbocycles. The number of benzene rings is 1. The lowest BCUT2D eigenvalue weighted by Crippen LogP contribution is -2.27. The van der Waals surface area contributed by atoms with E-state index in [9.17, 15) is 4.79 Å². The van der Waals surface area contributed by atoms with E-state index in [2.05, 4.69) is 0 Å². The van der Waals surface area contributed by atoms with Crippen molar-refractivity contribution in [1.82, 2.24) is 5.06 Å². The molecule has 1 saturated heterocycles. The molecule has 1 amide bonds. The Morgan fingerprint density at radius 1 is 1.50 bits per heavy atom. The summed E-state index contributed by atoms with van der Waals surface area (Å²) in [5.41, 5.74) is 1.09. The molecule has 1 aromatic rings. The molecule has 4 nitrogen and oxygen atoms in total. The minimum absolute atomic E-state index is 0.0365. The van der Waals surface area contributed by atoms with E-state index in [0.717, 1.165) is 12.0 Å². The molecule has 2 rings (SSSR count). The number of nitrogens with zero attached hydrogens (tertiary/aromatic N) is 1. The average molecular weight is 221 g/mol. The van der Waals surface area contributed by atoms with Gasteiger partial charge in [0.25, 0.3) is 0 Å². The van der Waals surface area contributed by atoms with Crippen molar-refractivity contribution in [1.29, 1.82) is 0 Å². The van der Waals surface area contributed by atoms with Crippen LogP contribution in [-0.2, 0) is 9.57 Å². The van der Waals surface area contributed by atoms with Crippen LogP contribution in [0.25, 0.3) is 0 Å². The molecule has 1 atom stereocenters. The van der Waals surface area contributed by atoms with Gasteiger partial charge in [0.05, 0.1) is 13.2 Å². The molecule has 1 aliphatic rings. The summed E-state index contributed by atoms with van der Waals surface area (Å²) in [5.74, 6) is 0. The fourth-order valence-electron chi connectivity index (χ4n) is 1.72. The predicted octanol–water partition coefficient (Wildman–Crippen LogP) is 2.52. The Hall–Kier alpha value is -1.55. The molecule has 16 heavy (non-hydrogen) atoms. The van der Waals surface area contributed by atoms with Gasteiger partial charge in [-0.3, -0.25) is 4.84 Å². The third-order valence-corrected chi connectivity index (χ3v) is 2.49. The number of hydrogen-bond donors (Lipinski definition) is 0. The first-order chi connectivity index (χ1) is 7.81. The molecular weight excluding hydrogens is 206 g/mol. The summed E-state index contributed by atoms with van der Waals surface area (Å²) in [7, 11) is 0. The van der Waals surface area contributed by atoms with Crippen molar-refractivity contribution in [3.63, 3.8) is 0 Å². The zero-order valence-corrected chi connectivity index (χ0v) is 9.26. The monoisotopic (exact) mass is 221 g/mol. The molecule has 1 heterocycles. The van der Waals surface area contributed by atoms with Crippen LogP contribution in [0.4, 0.5) is 4.79 Å². The summed E-state index contributed by atoms with van der Waals surface area (Å²) >= 11 is 0. The summed E-state index contributed by atoms with van der Waals surface area (Å²) in [6.07, 6.45) is 0.370. The van der Waals surface area contributed by atoms with Gasteiger partial charge in [0, 0.05) is 6.42 Å². The van der Waals surface area contributed by atoms with Crippen LogP contribution in [0, 0.1) is 0 Å². The second-order valence-electron chi connectivity index (χ2n) is 3.59. The van der Waals surface area contributed by atoms with E-state index >= 15 is 0 Å². The first-order valence-corrected chi connectivity index (χ1v) is 5.47. The number of carbonyl (C=O) groups excluding carboxylic acids is 1. The largest absolute Gasteiger partial charge is 0.448 e. The third kappa shape index (κ3) is 2.33. The number of rotatable bonds is 2. The Labute approximate surface area is 94.7 Å². The maximum atomic E-state index is 11.4. The molecule has 1 aliphatic heterocycles. The van der Waals surface area contributed by atoms with Crippen molar-refractivity contribution >= 4 is 6.09 Å². The molecule has 1 unspecified atom stereocenters. The maximum absolute atomic E-state index is 11.4. The van der Waals surface area contributed by atoms with Crippen molar-refractivity contribution in [2.75, 3.05) is 13.2 Å². The average Bonchev–Trinajstić information content (AvgIpc) is 2.80. The summed E-state index contributed by atoms with van der Waals surface area (Å²) in [5, 5.41) is 1.29. The minimum Gasteiger partial charge on any atom is -0.448 e. The molecule has 0 spiro atoms. The van der Waals surface area contributed by atoms with E-state index in [0.29, 0.717) is 13.2 Å². The van der Waals surface area contributed by atoms with Gasteiger partial charge in [0.1, 0.15) is 6.10 Å². The molecule has 4 heteroatoms. The summed E-state index contributed by atoms with van der Waals surface area (Å²) < 4.78 is 4.87. The van der Waals surface area contributed by atoms with E-state index in [4.69, 9.17) is 9.57 Å². The lowest BCUT2D eigenvalue weighted by molar-refractivity contribution is -0.126. The highest BCUT2D eigenvalue weighted by Crippen LogP contribution is 2.28. The Kier molecular flexibility index (Phi) is 3.41. The van der Waals surface area contributed by atoms with E-state index in [1.54, 1.807) is 6.92 Å². The van der Waals surface area contributed by atoms with E-state index in [1.807, 2.05) is 30.3 Å². The molecule has 0 saturated carbocycles. The Bertz CT molecular complexity index is 353. The molecule has 0 aromatic heterocycles. The number of carbonyl (C=O) groups is 1. The maximum Gasteiger partial charge on any atom is 0.433 e. The fourth-order valence-corrected chi connectivity index (χ4v) is 1.72. The van der Waals surface area contributed by atoms with Crippen LogP contribution in [0.2, 0.25) is 0 Å². The van der Waals surface area contributed by atoms with Crippen molar-refractivity contribution in [2.24, 2.45) is 0 Å². The fraction of sp³-hybridized carbons (Fsp3) is 0.417. The van der Waals surface area contributed by atoms with Gasteiger partial charge in [-0.25, -0.2) is 4.79 Å². The Balaban J connectivity index is 1.96. The summed E-state index contributed by atoms with van der Waals surface area (Å²) in [6.45, 7) is 2.73. The van der Waals surface area contributed by atoms with Crippen LogP contribution in [0.15, 0.2) is 30.3 Å². The number of ether oxygens (including phenoxy) is 1. The minimum atomic E-state index is -0.402. The highest BCUT2D eigenvalue weighted by Gasteiger charge is 2.29. The molecule has 0 bridgehead atoms. The molecule has 86 valence electrons. The summed E-state index contributed by atoms with van der Waals surface area (Å²) in [6, 6.07) is 9.89. The van der Waals surface area contributed by atoms with Crippen LogP contribution in [-0.4, -0.2) is 24.3 Å². The van der Waals surface area contributed by atoms with E-state index < -0.39 is 6.09 Å². The van der Waals surface area contributed by atoms with Gasteiger partial charge in [0.15, 0.2) is 0 Å². The third-order valence-electron chi connectivity index (χ3n) is 2.49. The lowest BCUT2D eigenvalue weighted by atomic mass is 10.1. The Morgan fingerprint density at radius 3 is 2.94 bits per heavy atom. The molecule has 1 aromatic carbocycles. The van der Waals surface area contributed by atoms with Gasteiger partial charge < -0.3 is 4.74 Å². The normalized spacial score (nSPS) is 19.8. The van der Waals surface area contributed by atoms with Crippen LogP contribution in [0.3, 0.4) is 0 Å². The van der Waals surface area contributed by atoms with Crippen molar-refractivity contribution in [3.05, 3.63) is 35.9 Å². The molecule has 0 radical (unpaired) electrons. The van der Waals surface area contributed by atoms with Gasteiger partial charge in [0.2, 0.25) is 0 Å². The topological polar surface area (TPSA) is 38.8 Å². The highest BCUT2D eigenvalue weighted by atomic mass is 16.7. The SMILES string of the molecule is CCOC(=O)N1CCC(c2ccccc2)O1. The van der Waals surface area contributed by atoms with Crippen LogP contribution >= 0.6 is 0 Å². The predicted molar refractivity (Wildman–Crippen MR) is 58.6 cm³/mol. The van der Waals surface area contributed by atoms with Crippen molar-refractivity contribution in [3.8, 4) is 0 Å². The number of hydroxylamine groups is 2. The number of amides is 1. The van der Waals surface area contributed by atoms with Crippen LogP contribution in [0.1, 0.15) is 25.0 Å². The van der Waals surface area contributed by atoms with Crippen molar-refractivity contribution < 1.29 is 14.4 Å². The second-order valence-corrected chi connectivity index (χ2v) is 3.59. The molecule has 0 N–H and O–H groups in total. The van der Waals surface area contributed by atoms with E-state index in [-0.39, 0.29) is 6.10 Å². The first-order valence-electron chi connectivity index (χ1n) is 5.47. The summed E-state index contributed by atoms with van der Waals surface area (Å²) in [4.78, 5) is 16.9. The Morgan fingerprint density at radius 2 is 2.25 bits per heavy atom. The van der Waals surface area contributed by atoms with Gasteiger partial charge >= 0.3 is 6.09 Å². The zero-order valence-electron chi connectivity index (χ0n) is 9.26. The van der Waals surface area contributed by atoms with Crippen molar-refractivity contribution in [2.45, 2.75) is 19.4 Å².